The second kappa shape index (κ2) is 52.2. The summed E-state index contributed by atoms with van der Waals surface area (Å²) in [6.07, 6.45) is 57.3. The number of esters is 3. The lowest BCUT2D eigenvalue weighted by atomic mass is 10.1. The van der Waals surface area contributed by atoms with E-state index in [4.69, 9.17) is 23.3 Å². The van der Waals surface area contributed by atoms with Crippen LogP contribution in [0.15, 0.2) is 72.9 Å². The molecule has 0 aliphatic carbocycles. The Hall–Kier alpha value is -3.08. The quantitative estimate of drug-likeness (QED) is 0.0197. The maximum absolute atomic E-state index is 12.9. The fraction of sp³-hybridized carbons (Fsp3) is 0.741. The Bertz CT molecular complexity index is 1450. The predicted octanol–water partition coefficient (Wildman–Crippen LogP) is 16.1. The molecule has 404 valence electrons. The van der Waals surface area contributed by atoms with Gasteiger partial charge < -0.3 is 24.2 Å². The Labute approximate surface area is 427 Å². The van der Waals surface area contributed by atoms with Gasteiger partial charge in [0.2, 0.25) is 0 Å². The number of aliphatic hydroxyl groups excluding tert-OH is 1. The standard InChI is InChI=1S/C58H101O11P/c1-4-7-10-13-16-19-22-24-25-26-27-28-29-31-33-35-38-41-44-47-56(60)65-51-55(69-58(62)49-46-43-40-37-34-30-23-20-17-14-11-8-5-2)53-67-70(63,64)66-52-54(50-59)68-57(61)48-45-42-39-36-32-21-18-15-12-9-6-3/h8,11,15-20,24-25,30,34,54-55,59H,4-7,9-10,12-14,21-23,26-29,31-33,35-53H2,1-3H3,(H,63,64)/b11-8-,18-15-,19-16-,20-17-,25-24-,34-30-. The van der Waals surface area contributed by atoms with Crippen LogP contribution >= 0.6 is 7.82 Å². The molecule has 3 unspecified atom stereocenters. The monoisotopic (exact) mass is 1000 g/mol. The number of phosphoric ester groups is 1. The molecule has 2 N–H and O–H groups in total. The van der Waals surface area contributed by atoms with Gasteiger partial charge in [-0.05, 0) is 103 Å². The molecule has 0 saturated carbocycles. The third-order valence-electron chi connectivity index (χ3n) is 11.6. The normalized spacial score (nSPS) is 14.0. The van der Waals surface area contributed by atoms with Crippen LogP contribution in [0.2, 0.25) is 0 Å². The Balaban J connectivity index is 4.73. The van der Waals surface area contributed by atoms with Crippen LogP contribution < -0.4 is 0 Å². The summed E-state index contributed by atoms with van der Waals surface area (Å²) in [6.45, 7) is 4.41. The van der Waals surface area contributed by atoms with Crippen molar-refractivity contribution >= 4 is 25.7 Å². The summed E-state index contributed by atoms with van der Waals surface area (Å²) in [4.78, 5) is 48.4. The predicted molar refractivity (Wildman–Crippen MR) is 288 cm³/mol. The molecule has 0 heterocycles. The van der Waals surface area contributed by atoms with Gasteiger partial charge in [0.05, 0.1) is 19.8 Å². The van der Waals surface area contributed by atoms with E-state index in [9.17, 15) is 28.9 Å². The minimum Gasteiger partial charge on any atom is -0.462 e. The minimum atomic E-state index is -4.75. The van der Waals surface area contributed by atoms with E-state index in [1.54, 1.807) is 0 Å². The van der Waals surface area contributed by atoms with E-state index in [1.165, 1.54) is 70.6 Å². The molecule has 0 rings (SSSR count). The molecule has 0 fully saturated rings. The molecule has 0 aliphatic heterocycles. The zero-order valence-corrected chi connectivity index (χ0v) is 45.4. The highest BCUT2D eigenvalue weighted by molar-refractivity contribution is 7.47. The molecule has 11 nitrogen and oxygen atoms in total. The van der Waals surface area contributed by atoms with Gasteiger partial charge in [-0.3, -0.25) is 23.4 Å². The lowest BCUT2D eigenvalue weighted by molar-refractivity contribution is -0.161. The number of carbonyl (C=O) groups is 3. The highest BCUT2D eigenvalue weighted by Gasteiger charge is 2.28. The van der Waals surface area contributed by atoms with Gasteiger partial charge in [0.1, 0.15) is 12.7 Å². The van der Waals surface area contributed by atoms with Crippen LogP contribution in [0.3, 0.4) is 0 Å². The van der Waals surface area contributed by atoms with E-state index in [1.807, 2.05) is 0 Å². The summed E-state index contributed by atoms with van der Waals surface area (Å²) < 4.78 is 39.4. The van der Waals surface area contributed by atoms with E-state index < -0.39 is 57.8 Å². The first-order valence-electron chi connectivity index (χ1n) is 27.8. The zero-order valence-electron chi connectivity index (χ0n) is 44.5. The summed E-state index contributed by atoms with van der Waals surface area (Å²) in [5.74, 6) is -1.51. The summed E-state index contributed by atoms with van der Waals surface area (Å²) in [5.41, 5.74) is 0. The third-order valence-corrected chi connectivity index (χ3v) is 12.5. The van der Waals surface area contributed by atoms with Gasteiger partial charge in [0, 0.05) is 19.3 Å². The highest BCUT2D eigenvalue weighted by atomic mass is 31.2. The lowest BCUT2D eigenvalue weighted by Crippen LogP contribution is -2.30. The van der Waals surface area contributed by atoms with E-state index in [-0.39, 0.29) is 25.9 Å². The average Bonchev–Trinajstić information content (AvgIpc) is 3.35. The van der Waals surface area contributed by atoms with Gasteiger partial charge in [-0.15, -0.1) is 0 Å². The molecule has 12 heteroatoms. The van der Waals surface area contributed by atoms with Crippen molar-refractivity contribution in [2.75, 3.05) is 26.4 Å². The molecule has 70 heavy (non-hydrogen) atoms. The van der Waals surface area contributed by atoms with E-state index >= 15 is 0 Å². The second-order valence-electron chi connectivity index (χ2n) is 18.4. The Morgan fingerprint density at radius 2 is 0.757 bits per heavy atom. The molecule has 0 aromatic rings. The number of hydrogen-bond acceptors (Lipinski definition) is 10. The van der Waals surface area contributed by atoms with Crippen LogP contribution in [-0.2, 0) is 42.2 Å². The maximum Gasteiger partial charge on any atom is 0.472 e. The molecule has 0 bridgehead atoms. The van der Waals surface area contributed by atoms with Crippen LogP contribution in [0.5, 0.6) is 0 Å². The Morgan fingerprint density at radius 3 is 1.21 bits per heavy atom. The maximum atomic E-state index is 12.9. The molecule has 0 radical (unpaired) electrons. The van der Waals surface area contributed by atoms with Crippen LogP contribution in [-0.4, -0.2) is 66.5 Å². The minimum absolute atomic E-state index is 0.129. The van der Waals surface area contributed by atoms with Crippen molar-refractivity contribution in [3.63, 3.8) is 0 Å². The fourth-order valence-electron chi connectivity index (χ4n) is 7.32. The van der Waals surface area contributed by atoms with E-state index in [0.717, 1.165) is 109 Å². The molecular formula is C58H101O11P. The molecule has 0 aliphatic rings. The van der Waals surface area contributed by atoms with Crippen LogP contribution in [0.1, 0.15) is 239 Å². The number of rotatable bonds is 51. The molecule has 0 spiro atoms. The smallest absolute Gasteiger partial charge is 0.462 e. The van der Waals surface area contributed by atoms with Gasteiger partial charge in [0.25, 0.3) is 0 Å². The van der Waals surface area contributed by atoms with Crippen molar-refractivity contribution in [1.82, 2.24) is 0 Å². The van der Waals surface area contributed by atoms with Crippen molar-refractivity contribution in [2.45, 2.75) is 251 Å². The number of ether oxygens (including phenoxy) is 3. The molecule has 3 atom stereocenters. The number of aliphatic hydroxyl groups is 1. The third kappa shape index (κ3) is 49.9. The first kappa shape index (κ1) is 66.9. The van der Waals surface area contributed by atoms with Crippen LogP contribution in [0, 0.1) is 0 Å². The van der Waals surface area contributed by atoms with Gasteiger partial charge in [0.15, 0.2) is 6.10 Å². The number of allylic oxidation sites excluding steroid dienone is 12. The molecular weight excluding hydrogens is 904 g/mol. The molecule has 0 aromatic heterocycles. The molecule has 0 aromatic carbocycles. The number of unbranched alkanes of at least 4 members (excludes halogenated alkanes) is 22. The lowest BCUT2D eigenvalue weighted by Gasteiger charge is -2.21. The van der Waals surface area contributed by atoms with Gasteiger partial charge >= 0.3 is 25.7 Å². The van der Waals surface area contributed by atoms with Crippen molar-refractivity contribution in [3.05, 3.63) is 72.9 Å². The summed E-state index contributed by atoms with van der Waals surface area (Å²) in [6, 6.07) is 0. The van der Waals surface area contributed by atoms with Crippen LogP contribution in [0.4, 0.5) is 0 Å². The zero-order chi connectivity index (χ0) is 51.3. The second-order valence-corrected chi connectivity index (χ2v) is 19.8. The SMILES string of the molecule is CC/C=C\C/C=C\C/C=C\CCCCCC(=O)OC(COC(=O)CCCCCCCCCCC/C=C\C/C=C\CCCCC)COP(=O)(O)OCC(CO)OC(=O)CCCCCCC/C=C\CCCC. The topological polar surface area (TPSA) is 155 Å². The van der Waals surface area contributed by atoms with Crippen molar-refractivity contribution < 1.29 is 52.2 Å². The summed E-state index contributed by atoms with van der Waals surface area (Å²) in [5, 5.41) is 9.77. The van der Waals surface area contributed by atoms with E-state index in [2.05, 4.69) is 93.7 Å². The number of phosphoric acid groups is 1. The Kier molecular flexibility index (Phi) is 50.0. The average molecular weight is 1010 g/mol. The Morgan fingerprint density at radius 1 is 0.414 bits per heavy atom. The summed E-state index contributed by atoms with van der Waals surface area (Å²) in [7, 11) is -4.75. The fourth-order valence-corrected chi connectivity index (χ4v) is 8.11. The van der Waals surface area contributed by atoms with Gasteiger partial charge in [-0.2, -0.15) is 0 Å². The van der Waals surface area contributed by atoms with Crippen LogP contribution in [0.25, 0.3) is 0 Å². The number of hydrogen-bond donors (Lipinski definition) is 2. The van der Waals surface area contributed by atoms with Gasteiger partial charge in [-0.25, -0.2) is 4.57 Å². The molecule has 0 saturated heterocycles. The van der Waals surface area contributed by atoms with Crippen molar-refractivity contribution in [1.29, 1.82) is 0 Å². The molecule has 0 amide bonds. The van der Waals surface area contributed by atoms with E-state index in [0.29, 0.717) is 19.3 Å². The van der Waals surface area contributed by atoms with Crippen molar-refractivity contribution in [2.24, 2.45) is 0 Å². The first-order chi connectivity index (χ1) is 34.2. The van der Waals surface area contributed by atoms with Crippen molar-refractivity contribution in [3.8, 4) is 0 Å². The first-order valence-corrected chi connectivity index (χ1v) is 29.3. The highest BCUT2D eigenvalue weighted by Crippen LogP contribution is 2.43. The summed E-state index contributed by atoms with van der Waals surface area (Å²) >= 11 is 0. The largest absolute Gasteiger partial charge is 0.472 e. The van der Waals surface area contributed by atoms with Gasteiger partial charge in [-0.1, -0.05) is 190 Å². The number of carbonyl (C=O) groups excluding carboxylic acids is 3.